The zero-order valence-corrected chi connectivity index (χ0v) is 19.3. The summed E-state index contributed by atoms with van der Waals surface area (Å²) in [6.07, 6.45) is 1.64. The van der Waals surface area contributed by atoms with Crippen molar-refractivity contribution in [3.63, 3.8) is 0 Å². The van der Waals surface area contributed by atoms with E-state index in [0.29, 0.717) is 32.8 Å². The van der Waals surface area contributed by atoms with Crippen molar-refractivity contribution in [1.29, 1.82) is 0 Å². The van der Waals surface area contributed by atoms with E-state index in [0.717, 1.165) is 11.1 Å². The lowest BCUT2D eigenvalue weighted by Crippen LogP contribution is -2.23. The highest BCUT2D eigenvalue weighted by Gasteiger charge is 2.31. The SMILES string of the molecule is Cc1cc(C(=O)O)ccc1N=C1S/C(=C\c2ccc(-c3ccc(C(=O)O)cc3C)o2)C(=O)N1C. The third-order valence-corrected chi connectivity index (χ3v) is 6.36. The van der Waals surface area contributed by atoms with Crippen molar-refractivity contribution in [1.82, 2.24) is 4.90 Å². The Morgan fingerprint density at radius 3 is 2.24 bits per heavy atom. The van der Waals surface area contributed by atoms with Crippen LogP contribution in [0.2, 0.25) is 0 Å². The number of amidine groups is 1. The Labute approximate surface area is 199 Å². The van der Waals surface area contributed by atoms with Crippen molar-refractivity contribution < 1.29 is 29.0 Å². The van der Waals surface area contributed by atoms with Crippen LogP contribution in [-0.2, 0) is 4.79 Å². The number of hydrogen-bond acceptors (Lipinski definition) is 6. The molecule has 0 unspecified atom stereocenters. The molecule has 2 heterocycles. The lowest BCUT2D eigenvalue weighted by atomic mass is 10.0. The Hall–Kier alpha value is -4.11. The minimum Gasteiger partial charge on any atom is -0.478 e. The second-order valence-electron chi connectivity index (χ2n) is 7.71. The molecule has 8 nitrogen and oxygen atoms in total. The molecule has 1 aromatic heterocycles. The normalized spacial score (nSPS) is 16.0. The van der Waals surface area contributed by atoms with Crippen LogP contribution in [0.3, 0.4) is 0 Å². The highest BCUT2D eigenvalue weighted by molar-refractivity contribution is 8.18. The van der Waals surface area contributed by atoms with E-state index in [-0.39, 0.29) is 17.0 Å². The Morgan fingerprint density at radius 2 is 1.62 bits per heavy atom. The summed E-state index contributed by atoms with van der Waals surface area (Å²) in [6.45, 7) is 3.57. The van der Waals surface area contributed by atoms with Gasteiger partial charge in [0.25, 0.3) is 5.91 Å². The number of benzene rings is 2. The van der Waals surface area contributed by atoms with Gasteiger partial charge in [0.05, 0.1) is 21.7 Å². The van der Waals surface area contributed by atoms with E-state index in [9.17, 15) is 14.4 Å². The van der Waals surface area contributed by atoms with Crippen molar-refractivity contribution in [2.45, 2.75) is 13.8 Å². The molecule has 1 saturated heterocycles. The summed E-state index contributed by atoms with van der Waals surface area (Å²) < 4.78 is 5.90. The van der Waals surface area contributed by atoms with Gasteiger partial charge in [0.2, 0.25) is 0 Å². The van der Waals surface area contributed by atoms with Gasteiger partial charge in [-0.2, -0.15) is 0 Å². The molecule has 0 spiro atoms. The fraction of sp³-hybridized carbons (Fsp3) is 0.120. The van der Waals surface area contributed by atoms with Gasteiger partial charge in [0.15, 0.2) is 5.17 Å². The number of hydrogen-bond donors (Lipinski definition) is 2. The van der Waals surface area contributed by atoms with Crippen LogP contribution in [0, 0.1) is 13.8 Å². The van der Waals surface area contributed by atoms with E-state index in [1.807, 2.05) is 6.92 Å². The molecule has 2 aromatic carbocycles. The lowest BCUT2D eigenvalue weighted by Gasteiger charge is -2.08. The van der Waals surface area contributed by atoms with Crippen LogP contribution in [0.25, 0.3) is 17.4 Å². The molecule has 0 radical (unpaired) electrons. The maximum absolute atomic E-state index is 12.8. The standard InChI is InChI=1S/C25H20N2O6S/c1-13-10-15(23(29)30)4-7-18(13)20-9-6-17(33-20)12-21-22(28)27(3)25(34-21)26-19-8-5-16(24(31)32)11-14(19)2/h4-12H,1-3H3,(H,29,30)(H,31,32)/b21-12-,26-25?. The number of rotatable bonds is 5. The first-order chi connectivity index (χ1) is 16.1. The molecule has 1 fully saturated rings. The van der Waals surface area contributed by atoms with Crippen LogP contribution in [0.5, 0.6) is 0 Å². The summed E-state index contributed by atoms with van der Waals surface area (Å²) in [4.78, 5) is 41.4. The predicted octanol–water partition coefficient (Wildman–Crippen LogP) is 5.19. The molecule has 1 aliphatic rings. The Bertz CT molecular complexity index is 1400. The molecule has 1 amide bonds. The number of aromatic carboxylic acids is 2. The summed E-state index contributed by atoms with van der Waals surface area (Å²) in [6, 6.07) is 12.9. The second-order valence-corrected chi connectivity index (χ2v) is 8.72. The van der Waals surface area contributed by atoms with Crippen molar-refractivity contribution in [3.05, 3.63) is 81.5 Å². The molecule has 3 aromatic rings. The minimum atomic E-state index is -1.01. The van der Waals surface area contributed by atoms with Crippen LogP contribution >= 0.6 is 11.8 Å². The number of aliphatic imine (C=N–C) groups is 1. The third-order valence-electron chi connectivity index (χ3n) is 5.30. The van der Waals surface area contributed by atoms with Crippen LogP contribution in [-0.4, -0.2) is 45.2 Å². The van der Waals surface area contributed by atoms with Gasteiger partial charge in [-0.25, -0.2) is 14.6 Å². The highest BCUT2D eigenvalue weighted by Crippen LogP contribution is 2.35. The molecule has 1 aliphatic heterocycles. The fourth-order valence-electron chi connectivity index (χ4n) is 3.45. The van der Waals surface area contributed by atoms with E-state index < -0.39 is 11.9 Å². The molecular formula is C25H20N2O6S. The fourth-order valence-corrected chi connectivity index (χ4v) is 4.41. The Kier molecular flexibility index (Phi) is 6.12. The zero-order valence-electron chi connectivity index (χ0n) is 18.5. The van der Waals surface area contributed by atoms with Crippen LogP contribution < -0.4 is 0 Å². The predicted molar refractivity (Wildman–Crippen MR) is 129 cm³/mol. The lowest BCUT2D eigenvalue weighted by molar-refractivity contribution is -0.121. The molecule has 9 heteroatoms. The van der Waals surface area contributed by atoms with Crippen LogP contribution in [0.15, 0.2) is 62.8 Å². The van der Waals surface area contributed by atoms with Gasteiger partial charge >= 0.3 is 11.9 Å². The molecule has 0 aliphatic carbocycles. The van der Waals surface area contributed by atoms with Crippen LogP contribution in [0.1, 0.15) is 37.6 Å². The maximum Gasteiger partial charge on any atom is 0.335 e. The van der Waals surface area contributed by atoms with E-state index in [1.54, 1.807) is 50.4 Å². The van der Waals surface area contributed by atoms with E-state index >= 15 is 0 Å². The maximum atomic E-state index is 12.8. The summed E-state index contributed by atoms with van der Waals surface area (Å²) in [7, 11) is 1.62. The third kappa shape index (κ3) is 4.51. The first kappa shape index (κ1) is 23.1. The summed E-state index contributed by atoms with van der Waals surface area (Å²) >= 11 is 1.20. The summed E-state index contributed by atoms with van der Waals surface area (Å²) in [5, 5.41) is 18.7. The van der Waals surface area contributed by atoms with Gasteiger partial charge in [0.1, 0.15) is 11.5 Å². The summed E-state index contributed by atoms with van der Waals surface area (Å²) in [5.41, 5.74) is 3.16. The number of nitrogens with zero attached hydrogens (tertiary/aromatic N) is 2. The van der Waals surface area contributed by atoms with Gasteiger partial charge in [-0.1, -0.05) is 6.07 Å². The molecule has 2 N–H and O–H groups in total. The average molecular weight is 477 g/mol. The quantitative estimate of drug-likeness (QED) is 0.486. The Morgan fingerprint density at radius 1 is 0.971 bits per heavy atom. The van der Waals surface area contributed by atoms with Gasteiger partial charge in [-0.15, -0.1) is 0 Å². The van der Waals surface area contributed by atoms with Crippen LogP contribution in [0.4, 0.5) is 5.69 Å². The average Bonchev–Trinajstić information content (AvgIpc) is 3.35. The topological polar surface area (TPSA) is 120 Å². The number of carboxylic acids is 2. The molecular weight excluding hydrogens is 456 g/mol. The monoisotopic (exact) mass is 476 g/mol. The number of carbonyl (C=O) groups excluding carboxylic acids is 1. The Balaban J connectivity index is 1.59. The van der Waals surface area contributed by atoms with E-state index in [4.69, 9.17) is 14.6 Å². The van der Waals surface area contributed by atoms with Crippen molar-refractivity contribution in [2.75, 3.05) is 7.05 Å². The number of carbonyl (C=O) groups is 3. The number of aryl methyl sites for hydroxylation is 2. The zero-order chi connectivity index (χ0) is 24.6. The molecule has 34 heavy (non-hydrogen) atoms. The van der Waals surface area contributed by atoms with Crippen molar-refractivity contribution in [3.8, 4) is 11.3 Å². The number of likely N-dealkylation sites (N-methyl/N-ethyl adjacent to an activating group) is 1. The van der Waals surface area contributed by atoms with Gasteiger partial charge in [-0.3, -0.25) is 9.69 Å². The largest absolute Gasteiger partial charge is 0.478 e. The number of thioether (sulfide) groups is 1. The second kappa shape index (κ2) is 9.03. The number of amides is 1. The van der Waals surface area contributed by atoms with Gasteiger partial charge in [-0.05, 0) is 79.2 Å². The van der Waals surface area contributed by atoms with Crippen molar-refractivity contribution >= 4 is 46.5 Å². The van der Waals surface area contributed by atoms with Crippen molar-refractivity contribution in [2.24, 2.45) is 4.99 Å². The first-order valence-electron chi connectivity index (χ1n) is 10.2. The van der Waals surface area contributed by atoms with E-state index in [2.05, 4.69) is 4.99 Å². The smallest absolute Gasteiger partial charge is 0.335 e. The molecule has 0 atom stereocenters. The number of furan rings is 1. The molecule has 0 saturated carbocycles. The van der Waals surface area contributed by atoms with E-state index in [1.165, 1.54) is 34.9 Å². The van der Waals surface area contributed by atoms with Gasteiger partial charge < -0.3 is 14.6 Å². The molecule has 172 valence electrons. The number of carboxylic acid groups (broad SMARTS) is 2. The summed E-state index contributed by atoms with van der Waals surface area (Å²) in [5.74, 6) is -1.20. The van der Waals surface area contributed by atoms with Gasteiger partial charge in [0, 0.05) is 18.7 Å². The highest BCUT2D eigenvalue weighted by atomic mass is 32.2. The molecule has 0 bridgehead atoms. The first-order valence-corrected chi connectivity index (χ1v) is 11.0. The minimum absolute atomic E-state index is 0.173. The molecule has 4 rings (SSSR count).